The van der Waals surface area contributed by atoms with Crippen molar-refractivity contribution in [2.24, 2.45) is 0 Å². The van der Waals surface area contributed by atoms with Gasteiger partial charge in [0.2, 0.25) is 11.7 Å². The van der Waals surface area contributed by atoms with E-state index in [4.69, 9.17) is 14.2 Å². The van der Waals surface area contributed by atoms with E-state index in [1.807, 2.05) is 19.1 Å². The number of methoxy groups -OCH3 is 3. The van der Waals surface area contributed by atoms with Crippen molar-refractivity contribution in [2.75, 3.05) is 32.4 Å². The van der Waals surface area contributed by atoms with Crippen molar-refractivity contribution in [3.63, 3.8) is 0 Å². The number of thioether (sulfide) groups is 1. The smallest absolute Gasteiger partial charge is 0.235 e. The number of hydrogen-bond acceptors (Lipinski definition) is 6. The number of anilines is 1. The molecule has 0 unspecified atom stereocenters. The molecule has 1 aliphatic heterocycles. The molecule has 31 heavy (non-hydrogen) atoms. The van der Waals surface area contributed by atoms with Gasteiger partial charge in [-0.05, 0) is 48.9 Å². The monoisotopic (exact) mass is 443 g/mol. The number of hydrogen-bond donors (Lipinski definition) is 1. The third-order valence-corrected chi connectivity index (χ3v) is 6.34. The van der Waals surface area contributed by atoms with Gasteiger partial charge in [-0.2, -0.15) is 5.10 Å². The van der Waals surface area contributed by atoms with Gasteiger partial charge in [0.1, 0.15) is 11.6 Å². The quantitative estimate of drug-likeness (QED) is 0.640. The van der Waals surface area contributed by atoms with Crippen LogP contribution in [0.5, 0.6) is 17.2 Å². The lowest BCUT2D eigenvalue weighted by Gasteiger charge is -2.19. The van der Waals surface area contributed by atoms with Crippen LogP contribution in [0.2, 0.25) is 0 Å². The highest BCUT2D eigenvalue weighted by Gasteiger charge is 2.32. The van der Waals surface area contributed by atoms with Gasteiger partial charge in [0, 0.05) is 5.56 Å². The van der Waals surface area contributed by atoms with E-state index in [0.717, 1.165) is 16.8 Å². The maximum absolute atomic E-state index is 13.4. The second-order valence-electron chi connectivity index (χ2n) is 6.93. The number of amides is 1. The molecule has 0 fully saturated rings. The number of aromatic nitrogens is 2. The Morgan fingerprint density at radius 3 is 2.32 bits per heavy atom. The van der Waals surface area contributed by atoms with Crippen LogP contribution in [0, 0.1) is 12.7 Å². The number of rotatable bonds is 5. The number of carbonyl (C=O) groups is 1. The minimum Gasteiger partial charge on any atom is -0.493 e. The first-order valence-corrected chi connectivity index (χ1v) is 10.6. The minimum atomic E-state index is -0.339. The summed E-state index contributed by atoms with van der Waals surface area (Å²) in [5.74, 6) is 1.92. The van der Waals surface area contributed by atoms with Crippen molar-refractivity contribution in [3.8, 4) is 22.9 Å². The number of carbonyl (C=O) groups excluding carboxylic acids is 1. The molecule has 162 valence electrons. The molecule has 3 aromatic rings. The normalized spacial score (nSPS) is 15.6. The summed E-state index contributed by atoms with van der Waals surface area (Å²) < 4.78 is 31.5. The van der Waals surface area contributed by atoms with Crippen LogP contribution in [0.3, 0.4) is 0 Å². The first kappa shape index (κ1) is 21.0. The second kappa shape index (κ2) is 8.50. The molecule has 0 radical (unpaired) electrons. The highest BCUT2D eigenvalue weighted by Crippen LogP contribution is 2.48. The lowest BCUT2D eigenvalue weighted by molar-refractivity contribution is -0.113. The SMILES string of the molecule is COc1cc([C@@H]2SCC(=O)Nc3c2c(C)nn3-c2ccc(F)cc2)cc(OC)c1OC. The highest BCUT2D eigenvalue weighted by molar-refractivity contribution is 8.00. The first-order chi connectivity index (χ1) is 15.0. The summed E-state index contributed by atoms with van der Waals surface area (Å²) in [5.41, 5.74) is 3.17. The lowest BCUT2D eigenvalue weighted by Crippen LogP contribution is -2.15. The molecule has 0 saturated heterocycles. The predicted octanol–water partition coefficient (Wildman–Crippen LogP) is 4.12. The molecule has 0 aliphatic carbocycles. The van der Waals surface area contributed by atoms with Crippen LogP contribution in [0.25, 0.3) is 5.69 Å². The van der Waals surface area contributed by atoms with Gasteiger partial charge in [-0.3, -0.25) is 4.79 Å². The maximum atomic E-state index is 13.4. The first-order valence-electron chi connectivity index (χ1n) is 9.53. The third-order valence-electron chi connectivity index (χ3n) is 5.07. The molecule has 7 nitrogen and oxygen atoms in total. The minimum absolute atomic E-state index is 0.135. The zero-order chi connectivity index (χ0) is 22.1. The van der Waals surface area contributed by atoms with E-state index in [9.17, 15) is 9.18 Å². The molecule has 4 rings (SSSR count). The molecule has 1 atom stereocenters. The molecule has 1 aromatic heterocycles. The lowest BCUT2D eigenvalue weighted by atomic mass is 10.0. The summed E-state index contributed by atoms with van der Waals surface area (Å²) in [4.78, 5) is 12.5. The van der Waals surface area contributed by atoms with Crippen LogP contribution in [0.15, 0.2) is 36.4 Å². The molecule has 1 amide bonds. The van der Waals surface area contributed by atoms with Gasteiger partial charge in [-0.1, -0.05) is 0 Å². The highest BCUT2D eigenvalue weighted by atomic mass is 32.2. The molecule has 2 heterocycles. The van der Waals surface area contributed by atoms with Crippen molar-refractivity contribution in [3.05, 3.63) is 59.0 Å². The van der Waals surface area contributed by atoms with Crippen LogP contribution in [0.4, 0.5) is 10.2 Å². The zero-order valence-electron chi connectivity index (χ0n) is 17.6. The number of aryl methyl sites for hydroxylation is 1. The molecule has 0 bridgehead atoms. The van der Waals surface area contributed by atoms with Crippen LogP contribution in [-0.2, 0) is 4.79 Å². The molecule has 9 heteroatoms. The van der Waals surface area contributed by atoms with Crippen molar-refractivity contribution >= 4 is 23.5 Å². The van der Waals surface area contributed by atoms with Crippen LogP contribution < -0.4 is 19.5 Å². The summed E-state index contributed by atoms with van der Waals surface area (Å²) in [6.45, 7) is 1.89. The van der Waals surface area contributed by atoms with Gasteiger partial charge in [0.25, 0.3) is 0 Å². The Kier molecular flexibility index (Phi) is 5.77. The van der Waals surface area contributed by atoms with Crippen molar-refractivity contribution in [1.82, 2.24) is 9.78 Å². The Hall–Kier alpha value is -3.20. The number of halogens is 1. The Balaban J connectivity index is 1.89. The summed E-state index contributed by atoms with van der Waals surface area (Å²) >= 11 is 1.49. The maximum Gasteiger partial charge on any atom is 0.235 e. The molecule has 0 saturated carbocycles. The van der Waals surface area contributed by atoms with E-state index >= 15 is 0 Å². The number of ether oxygens (including phenoxy) is 3. The van der Waals surface area contributed by atoms with Crippen LogP contribution in [0.1, 0.15) is 22.1 Å². The molecular weight excluding hydrogens is 421 g/mol. The fraction of sp³-hybridized carbons (Fsp3) is 0.273. The van der Waals surface area contributed by atoms with Gasteiger partial charge in [-0.25, -0.2) is 9.07 Å². The molecule has 1 N–H and O–H groups in total. The van der Waals surface area contributed by atoms with Gasteiger partial charge in [0.05, 0.1) is 43.7 Å². The van der Waals surface area contributed by atoms with Crippen LogP contribution >= 0.6 is 11.8 Å². The zero-order valence-corrected chi connectivity index (χ0v) is 18.4. The van der Waals surface area contributed by atoms with Crippen molar-refractivity contribution < 1.29 is 23.4 Å². The Bertz CT molecular complexity index is 1110. The largest absolute Gasteiger partial charge is 0.493 e. The third kappa shape index (κ3) is 3.81. The second-order valence-corrected chi connectivity index (χ2v) is 8.03. The number of benzene rings is 2. The number of nitrogens with zero attached hydrogens (tertiary/aromatic N) is 2. The van der Waals surface area contributed by atoms with E-state index in [-0.39, 0.29) is 22.7 Å². The Morgan fingerprint density at radius 2 is 1.74 bits per heavy atom. The molecule has 1 aliphatic rings. The van der Waals surface area contributed by atoms with E-state index in [1.165, 1.54) is 23.9 Å². The van der Waals surface area contributed by atoms with Gasteiger partial charge < -0.3 is 19.5 Å². The Labute approximate surface area is 183 Å². The van der Waals surface area contributed by atoms with E-state index < -0.39 is 0 Å². The fourth-order valence-corrected chi connectivity index (χ4v) is 4.84. The average Bonchev–Trinajstić information content (AvgIpc) is 2.98. The number of fused-ring (bicyclic) bond motifs is 1. The summed E-state index contributed by atoms with van der Waals surface area (Å²) in [6, 6.07) is 9.74. The topological polar surface area (TPSA) is 74.6 Å². The van der Waals surface area contributed by atoms with Crippen molar-refractivity contribution in [1.29, 1.82) is 0 Å². The van der Waals surface area contributed by atoms with E-state index in [2.05, 4.69) is 10.4 Å². The van der Waals surface area contributed by atoms with Crippen LogP contribution in [-0.4, -0.2) is 42.8 Å². The number of nitrogens with one attached hydrogen (secondary N) is 1. The van der Waals surface area contributed by atoms with E-state index in [0.29, 0.717) is 28.8 Å². The molecular formula is C22H22FN3O4S. The fourth-order valence-electron chi connectivity index (χ4n) is 3.67. The standard InChI is InChI=1S/C22H22FN3O4S/c1-12-19-21(13-9-16(28-2)20(30-4)17(10-13)29-3)31-11-18(27)24-22(19)26(25-12)15-7-5-14(23)6-8-15/h5-10,21H,11H2,1-4H3,(H,24,27)/t21-/m0/s1. The predicted molar refractivity (Wildman–Crippen MR) is 117 cm³/mol. The van der Waals surface area contributed by atoms with Gasteiger partial charge in [0.15, 0.2) is 11.5 Å². The Morgan fingerprint density at radius 1 is 1.10 bits per heavy atom. The van der Waals surface area contributed by atoms with E-state index in [1.54, 1.807) is 38.1 Å². The summed E-state index contributed by atoms with van der Waals surface area (Å²) in [5, 5.41) is 7.39. The molecule has 0 spiro atoms. The summed E-state index contributed by atoms with van der Waals surface area (Å²) in [6.07, 6.45) is 0. The van der Waals surface area contributed by atoms with Gasteiger partial charge >= 0.3 is 0 Å². The van der Waals surface area contributed by atoms with Gasteiger partial charge in [-0.15, -0.1) is 11.8 Å². The molecule has 2 aromatic carbocycles. The summed E-state index contributed by atoms with van der Waals surface area (Å²) in [7, 11) is 4.68. The average molecular weight is 444 g/mol. The van der Waals surface area contributed by atoms with Crippen molar-refractivity contribution in [2.45, 2.75) is 12.2 Å².